The number of nitrogens with zero attached hydrogens (tertiary/aromatic N) is 1. The van der Waals surface area contributed by atoms with Gasteiger partial charge in [0, 0.05) is 13.0 Å². The van der Waals surface area contributed by atoms with Gasteiger partial charge in [-0.1, -0.05) is 0 Å². The fourth-order valence-corrected chi connectivity index (χ4v) is 1.52. The molecule has 1 heterocycles. The maximum absolute atomic E-state index is 12.4. The Bertz CT molecular complexity index is 240. The summed E-state index contributed by atoms with van der Waals surface area (Å²) in [4.78, 5) is 3.98. The molecule has 1 N–H and O–H groups in total. The summed E-state index contributed by atoms with van der Waals surface area (Å²) in [6, 6.07) is 0. The molecule has 0 aromatic heterocycles. The van der Waals surface area contributed by atoms with Gasteiger partial charge < -0.3 is 5.32 Å². The summed E-state index contributed by atoms with van der Waals surface area (Å²) in [6.07, 6.45) is -2.21. The number of amidine groups is 1. The van der Waals surface area contributed by atoms with Crippen molar-refractivity contribution in [3.05, 3.63) is 0 Å². The van der Waals surface area contributed by atoms with Crippen LogP contribution in [0.1, 0.15) is 25.7 Å². The Kier molecular flexibility index (Phi) is 1.78. The molecular weight excluding hydrogens is 181 g/mol. The average molecular weight is 192 g/mol. The largest absolute Gasteiger partial charge is 0.411 e. The molecule has 2 nitrogen and oxygen atoms in total. The maximum atomic E-state index is 12.4. The van der Waals surface area contributed by atoms with E-state index in [-0.39, 0.29) is 12.8 Å². The molecule has 0 saturated heterocycles. The summed E-state index contributed by atoms with van der Waals surface area (Å²) in [7, 11) is 0. The summed E-state index contributed by atoms with van der Waals surface area (Å²) in [5.74, 6) is 0.537. The minimum Gasteiger partial charge on any atom is -0.360 e. The molecule has 0 spiro atoms. The van der Waals surface area contributed by atoms with Crippen molar-refractivity contribution in [3.63, 3.8) is 0 Å². The first-order valence-electron chi connectivity index (χ1n) is 4.42. The number of alkyl halides is 3. The predicted molar refractivity (Wildman–Crippen MR) is 42.7 cm³/mol. The first-order chi connectivity index (χ1) is 6.04. The van der Waals surface area contributed by atoms with Crippen LogP contribution in [-0.2, 0) is 0 Å². The minimum absolute atomic E-state index is 0.190. The topological polar surface area (TPSA) is 24.4 Å². The normalized spacial score (nSPS) is 25.6. The molecule has 0 amide bonds. The predicted octanol–water partition coefficient (Wildman–Crippen LogP) is 1.86. The van der Waals surface area contributed by atoms with E-state index in [0.29, 0.717) is 18.8 Å². The average Bonchev–Trinajstić information content (AvgIpc) is 2.59. The molecule has 1 aliphatic carbocycles. The van der Waals surface area contributed by atoms with Crippen LogP contribution < -0.4 is 5.32 Å². The number of hydrogen-bond acceptors (Lipinski definition) is 2. The molecule has 0 aromatic rings. The summed E-state index contributed by atoms with van der Waals surface area (Å²) in [5, 5.41) is 2.53. The van der Waals surface area contributed by atoms with E-state index >= 15 is 0 Å². The summed E-state index contributed by atoms with van der Waals surface area (Å²) >= 11 is 0. The molecule has 0 bridgehead atoms. The van der Waals surface area contributed by atoms with Crippen molar-refractivity contribution in [1.82, 2.24) is 5.32 Å². The Labute approximate surface area is 74.2 Å². The standard InChI is InChI=1S/C8H11F3N2/c9-8(10,11)7(3-4-7)13-6-2-1-5-12-6/h1-5H2,(H,12,13). The zero-order chi connectivity index (χ0) is 9.53. The molecule has 0 unspecified atom stereocenters. The summed E-state index contributed by atoms with van der Waals surface area (Å²) in [6.45, 7) is 0.663. The van der Waals surface area contributed by atoms with Crippen molar-refractivity contribution in [2.45, 2.75) is 37.4 Å². The lowest BCUT2D eigenvalue weighted by molar-refractivity contribution is -0.161. The Morgan fingerprint density at radius 3 is 2.38 bits per heavy atom. The number of aliphatic imine (C=N–C) groups is 1. The van der Waals surface area contributed by atoms with Crippen LogP contribution in [0.25, 0.3) is 0 Å². The third-order valence-corrected chi connectivity index (χ3v) is 2.55. The second-order valence-corrected chi connectivity index (χ2v) is 3.64. The van der Waals surface area contributed by atoms with Crippen molar-refractivity contribution in [3.8, 4) is 0 Å². The molecule has 1 fully saturated rings. The molecule has 2 aliphatic rings. The van der Waals surface area contributed by atoms with Crippen LogP contribution >= 0.6 is 0 Å². The Balaban J connectivity index is 2.01. The molecule has 1 saturated carbocycles. The molecule has 2 rings (SSSR count). The van der Waals surface area contributed by atoms with Crippen LogP contribution in [0.2, 0.25) is 0 Å². The van der Waals surface area contributed by atoms with Gasteiger partial charge in [-0.25, -0.2) is 0 Å². The van der Waals surface area contributed by atoms with E-state index in [0.717, 1.165) is 6.42 Å². The van der Waals surface area contributed by atoms with E-state index in [2.05, 4.69) is 10.3 Å². The SMILES string of the molecule is FC(F)(F)C1(NC2=NCCC2)CC1. The monoisotopic (exact) mass is 192 g/mol. The van der Waals surface area contributed by atoms with Gasteiger partial charge in [0.05, 0.1) is 5.84 Å². The van der Waals surface area contributed by atoms with Crippen LogP contribution in [0, 0.1) is 0 Å². The van der Waals surface area contributed by atoms with Crippen molar-refractivity contribution in [2.24, 2.45) is 4.99 Å². The smallest absolute Gasteiger partial charge is 0.360 e. The molecule has 5 heteroatoms. The molecule has 0 radical (unpaired) electrons. The first-order valence-corrected chi connectivity index (χ1v) is 4.42. The third-order valence-electron chi connectivity index (χ3n) is 2.55. The highest BCUT2D eigenvalue weighted by Crippen LogP contribution is 2.49. The zero-order valence-electron chi connectivity index (χ0n) is 7.12. The van der Waals surface area contributed by atoms with Crippen LogP contribution in [-0.4, -0.2) is 24.1 Å². The van der Waals surface area contributed by atoms with Gasteiger partial charge in [-0.2, -0.15) is 13.2 Å². The van der Waals surface area contributed by atoms with Gasteiger partial charge in [-0.3, -0.25) is 4.99 Å². The lowest BCUT2D eigenvalue weighted by atomic mass is 10.2. The fraction of sp³-hybridized carbons (Fsp3) is 0.875. The second-order valence-electron chi connectivity index (χ2n) is 3.64. The van der Waals surface area contributed by atoms with E-state index in [4.69, 9.17) is 0 Å². The van der Waals surface area contributed by atoms with Crippen molar-refractivity contribution >= 4 is 5.84 Å². The highest BCUT2D eigenvalue weighted by atomic mass is 19.4. The first kappa shape index (κ1) is 8.84. The van der Waals surface area contributed by atoms with Crippen LogP contribution in [0.4, 0.5) is 13.2 Å². The highest BCUT2D eigenvalue weighted by molar-refractivity contribution is 5.84. The van der Waals surface area contributed by atoms with E-state index in [1.165, 1.54) is 0 Å². The van der Waals surface area contributed by atoms with Gasteiger partial charge in [0.15, 0.2) is 0 Å². The Morgan fingerprint density at radius 2 is 2.00 bits per heavy atom. The summed E-state index contributed by atoms with van der Waals surface area (Å²) in [5.41, 5.74) is -1.63. The van der Waals surface area contributed by atoms with Gasteiger partial charge in [0.2, 0.25) is 0 Å². The minimum atomic E-state index is -4.13. The van der Waals surface area contributed by atoms with E-state index < -0.39 is 11.7 Å². The van der Waals surface area contributed by atoms with Crippen LogP contribution in [0.3, 0.4) is 0 Å². The second kappa shape index (κ2) is 2.62. The van der Waals surface area contributed by atoms with E-state index in [1.807, 2.05) is 0 Å². The van der Waals surface area contributed by atoms with Gasteiger partial charge in [0.25, 0.3) is 0 Å². The summed E-state index contributed by atoms with van der Waals surface area (Å²) < 4.78 is 37.3. The van der Waals surface area contributed by atoms with Gasteiger partial charge >= 0.3 is 6.18 Å². The highest BCUT2D eigenvalue weighted by Gasteiger charge is 2.63. The number of rotatable bonds is 1. The van der Waals surface area contributed by atoms with E-state index in [1.54, 1.807) is 0 Å². The third kappa shape index (κ3) is 1.51. The van der Waals surface area contributed by atoms with Crippen molar-refractivity contribution in [2.75, 3.05) is 6.54 Å². The molecule has 0 atom stereocenters. The van der Waals surface area contributed by atoms with Gasteiger partial charge in [0.1, 0.15) is 5.54 Å². The number of halogens is 3. The number of nitrogens with one attached hydrogen (secondary N) is 1. The lowest BCUT2D eigenvalue weighted by Crippen LogP contribution is -2.47. The molecule has 1 aliphatic heterocycles. The van der Waals surface area contributed by atoms with Crippen LogP contribution in [0.5, 0.6) is 0 Å². The fourth-order valence-electron chi connectivity index (χ4n) is 1.52. The lowest BCUT2D eigenvalue weighted by Gasteiger charge is -2.21. The molecule has 13 heavy (non-hydrogen) atoms. The van der Waals surface area contributed by atoms with E-state index in [9.17, 15) is 13.2 Å². The Hall–Kier alpha value is -0.740. The quantitative estimate of drug-likeness (QED) is 0.673. The van der Waals surface area contributed by atoms with Gasteiger partial charge in [-0.05, 0) is 19.3 Å². The van der Waals surface area contributed by atoms with Crippen molar-refractivity contribution in [1.29, 1.82) is 0 Å². The van der Waals surface area contributed by atoms with Crippen molar-refractivity contribution < 1.29 is 13.2 Å². The molecule has 74 valence electrons. The number of hydrogen-bond donors (Lipinski definition) is 1. The Morgan fingerprint density at radius 1 is 1.31 bits per heavy atom. The van der Waals surface area contributed by atoms with Gasteiger partial charge in [-0.15, -0.1) is 0 Å². The zero-order valence-corrected chi connectivity index (χ0v) is 7.12. The molecule has 0 aromatic carbocycles. The molecular formula is C8H11F3N2. The van der Waals surface area contributed by atoms with Crippen LogP contribution in [0.15, 0.2) is 4.99 Å². The maximum Gasteiger partial charge on any atom is 0.411 e.